The van der Waals surface area contributed by atoms with Crippen LogP contribution in [0.3, 0.4) is 0 Å². The van der Waals surface area contributed by atoms with Gasteiger partial charge in [-0.15, -0.1) is 0 Å². The van der Waals surface area contributed by atoms with Crippen molar-refractivity contribution in [2.75, 3.05) is 27.2 Å². The van der Waals surface area contributed by atoms with Crippen molar-refractivity contribution in [2.45, 2.75) is 6.04 Å². The Bertz CT molecular complexity index is 797. The molecular formula is C18H21N3O4+2. The minimum Gasteiger partial charge on any atom is -0.503 e. The van der Waals surface area contributed by atoms with Crippen LogP contribution in [0.4, 0.5) is 0 Å². The first-order valence-electron chi connectivity index (χ1n) is 8.08. The highest BCUT2D eigenvalue weighted by Gasteiger charge is 2.47. The number of ketones is 1. The first kappa shape index (κ1) is 16.9. The van der Waals surface area contributed by atoms with Crippen molar-refractivity contribution in [3.05, 3.63) is 65.6 Å². The van der Waals surface area contributed by atoms with Gasteiger partial charge in [0, 0.05) is 12.1 Å². The summed E-state index contributed by atoms with van der Waals surface area (Å²) in [5.41, 5.74) is 0.694. The SMILES string of the molecule is C[NH+](C)CCN1C(=O)C(O)=C(C(=O)c2ccco2)C1c1cccc[nH+]1. The number of aromatic nitrogens is 1. The molecule has 3 N–H and O–H groups in total. The second-order valence-corrected chi connectivity index (χ2v) is 6.24. The number of amides is 1. The van der Waals surface area contributed by atoms with Crippen molar-refractivity contribution in [3.63, 3.8) is 0 Å². The zero-order valence-electron chi connectivity index (χ0n) is 14.2. The van der Waals surface area contributed by atoms with E-state index in [0.717, 1.165) is 4.90 Å². The van der Waals surface area contributed by atoms with E-state index in [1.807, 2.05) is 26.2 Å². The average Bonchev–Trinajstić information content (AvgIpc) is 3.22. The minimum absolute atomic E-state index is 0.0381. The van der Waals surface area contributed by atoms with E-state index in [4.69, 9.17) is 4.42 Å². The molecule has 7 nitrogen and oxygen atoms in total. The van der Waals surface area contributed by atoms with Crippen LogP contribution in [0.1, 0.15) is 22.3 Å². The van der Waals surface area contributed by atoms with Crippen LogP contribution in [0.5, 0.6) is 0 Å². The van der Waals surface area contributed by atoms with Gasteiger partial charge in [0.05, 0.1) is 39.0 Å². The van der Waals surface area contributed by atoms with Crippen LogP contribution in [0.15, 0.2) is 58.5 Å². The molecule has 130 valence electrons. The predicted molar refractivity (Wildman–Crippen MR) is 87.8 cm³/mol. The largest absolute Gasteiger partial charge is 0.503 e. The molecule has 0 saturated carbocycles. The molecule has 1 unspecified atom stereocenters. The van der Waals surface area contributed by atoms with Gasteiger partial charge in [-0.05, 0) is 12.1 Å². The summed E-state index contributed by atoms with van der Waals surface area (Å²) in [5.74, 6) is -1.45. The fourth-order valence-electron chi connectivity index (χ4n) is 2.90. The summed E-state index contributed by atoms with van der Waals surface area (Å²) in [6, 6.07) is 7.86. The molecule has 0 spiro atoms. The van der Waals surface area contributed by atoms with Gasteiger partial charge in [-0.1, -0.05) is 6.07 Å². The topological polar surface area (TPSA) is 89.3 Å². The number of quaternary nitrogens is 1. The molecule has 0 saturated heterocycles. The molecule has 2 aromatic rings. The average molecular weight is 343 g/mol. The second-order valence-electron chi connectivity index (χ2n) is 6.24. The van der Waals surface area contributed by atoms with E-state index < -0.39 is 23.5 Å². The van der Waals surface area contributed by atoms with Crippen LogP contribution >= 0.6 is 0 Å². The standard InChI is InChI=1S/C18H19N3O4/c1-20(2)9-10-21-15(12-6-3-4-8-19-12)14(17(23)18(21)24)16(22)13-7-5-11-25-13/h3-8,11,15,23H,9-10H2,1-2H3/p+2. The lowest BCUT2D eigenvalue weighted by Crippen LogP contribution is -3.06. The van der Waals surface area contributed by atoms with Gasteiger partial charge < -0.3 is 19.3 Å². The molecule has 1 amide bonds. The number of H-pyrrole nitrogens is 1. The van der Waals surface area contributed by atoms with Gasteiger partial charge >= 0.3 is 0 Å². The molecule has 0 radical (unpaired) electrons. The number of likely N-dealkylation sites (N-methyl/N-ethyl adjacent to an activating group) is 1. The fourth-order valence-corrected chi connectivity index (χ4v) is 2.90. The molecule has 2 aromatic heterocycles. The third-order valence-electron chi connectivity index (χ3n) is 4.17. The zero-order valence-corrected chi connectivity index (χ0v) is 14.2. The molecule has 0 bridgehead atoms. The third kappa shape index (κ3) is 3.18. The molecule has 25 heavy (non-hydrogen) atoms. The molecular weight excluding hydrogens is 322 g/mol. The number of carbonyl (C=O) groups is 2. The molecule has 0 fully saturated rings. The highest BCUT2D eigenvalue weighted by molar-refractivity contribution is 6.14. The molecule has 3 heterocycles. The summed E-state index contributed by atoms with van der Waals surface area (Å²) < 4.78 is 5.17. The van der Waals surface area contributed by atoms with Crippen LogP contribution in [0, 0.1) is 0 Å². The van der Waals surface area contributed by atoms with Crippen LogP contribution in [0.2, 0.25) is 0 Å². The van der Waals surface area contributed by atoms with E-state index in [1.54, 1.807) is 18.3 Å². The van der Waals surface area contributed by atoms with Gasteiger partial charge in [-0.3, -0.25) is 9.59 Å². The highest BCUT2D eigenvalue weighted by Crippen LogP contribution is 2.36. The van der Waals surface area contributed by atoms with Crippen molar-refractivity contribution in [1.82, 2.24) is 4.90 Å². The number of aromatic amines is 1. The van der Waals surface area contributed by atoms with Gasteiger partial charge in [-0.25, -0.2) is 4.98 Å². The van der Waals surface area contributed by atoms with Gasteiger partial charge in [0.2, 0.25) is 11.5 Å². The summed E-state index contributed by atoms with van der Waals surface area (Å²) in [6.07, 6.45) is 3.11. The summed E-state index contributed by atoms with van der Waals surface area (Å²) >= 11 is 0. The molecule has 7 heteroatoms. The maximum Gasteiger partial charge on any atom is 0.290 e. The van der Waals surface area contributed by atoms with Crippen molar-refractivity contribution in [2.24, 2.45) is 0 Å². The number of carbonyl (C=O) groups excluding carboxylic acids is 2. The number of hydrogen-bond donors (Lipinski definition) is 2. The normalized spacial score (nSPS) is 17.6. The minimum atomic E-state index is -0.675. The fraction of sp³-hybridized carbons (Fsp3) is 0.278. The Morgan fingerprint density at radius 3 is 2.72 bits per heavy atom. The van der Waals surface area contributed by atoms with Crippen LogP contribution in [0.25, 0.3) is 0 Å². The number of nitrogens with one attached hydrogen (secondary N) is 2. The Kier molecular flexibility index (Phi) is 4.67. The number of Topliss-reactive ketones (excluding diaryl/α,β-unsaturated/α-hetero) is 1. The maximum atomic E-state index is 12.8. The Labute approximate surface area is 145 Å². The Morgan fingerprint density at radius 2 is 2.12 bits per heavy atom. The van der Waals surface area contributed by atoms with Crippen LogP contribution in [-0.2, 0) is 4.79 Å². The van der Waals surface area contributed by atoms with Crippen molar-refractivity contribution < 1.29 is 29.0 Å². The smallest absolute Gasteiger partial charge is 0.290 e. The first-order valence-corrected chi connectivity index (χ1v) is 8.08. The maximum absolute atomic E-state index is 12.8. The molecule has 0 aliphatic carbocycles. The Balaban J connectivity index is 2.04. The number of pyridine rings is 1. The predicted octanol–water partition coefficient (Wildman–Crippen LogP) is -0.183. The first-order chi connectivity index (χ1) is 12.0. The van der Waals surface area contributed by atoms with Crippen LogP contribution in [-0.4, -0.2) is 48.9 Å². The molecule has 1 aliphatic rings. The summed E-state index contributed by atoms with van der Waals surface area (Å²) in [6.45, 7) is 1.10. The third-order valence-corrected chi connectivity index (χ3v) is 4.17. The molecule has 3 rings (SSSR count). The summed E-state index contributed by atoms with van der Waals surface area (Å²) in [7, 11) is 3.96. The number of aliphatic hydroxyl groups excluding tert-OH is 1. The monoisotopic (exact) mass is 343 g/mol. The van der Waals surface area contributed by atoms with E-state index in [1.165, 1.54) is 17.2 Å². The van der Waals surface area contributed by atoms with E-state index in [9.17, 15) is 14.7 Å². The van der Waals surface area contributed by atoms with Gasteiger partial charge in [0.1, 0.15) is 6.04 Å². The van der Waals surface area contributed by atoms with E-state index in [0.29, 0.717) is 18.8 Å². The number of aliphatic hydroxyl groups is 1. The Morgan fingerprint density at radius 1 is 1.32 bits per heavy atom. The number of furan rings is 1. The van der Waals surface area contributed by atoms with Gasteiger partial charge in [-0.2, -0.15) is 0 Å². The van der Waals surface area contributed by atoms with Gasteiger partial charge in [0.25, 0.3) is 5.91 Å². The van der Waals surface area contributed by atoms with Crippen LogP contribution < -0.4 is 9.88 Å². The Hall–Kier alpha value is -2.93. The molecule has 1 atom stereocenters. The lowest BCUT2D eigenvalue weighted by atomic mass is 9.98. The summed E-state index contributed by atoms with van der Waals surface area (Å²) in [5, 5.41) is 10.4. The van der Waals surface area contributed by atoms with Crippen molar-refractivity contribution >= 4 is 11.7 Å². The summed E-state index contributed by atoms with van der Waals surface area (Å²) in [4.78, 5) is 31.2. The quantitative estimate of drug-likeness (QED) is 0.712. The van der Waals surface area contributed by atoms with Crippen molar-refractivity contribution in [1.29, 1.82) is 0 Å². The number of hydrogen-bond acceptors (Lipinski definition) is 4. The van der Waals surface area contributed by atoms with E-state index in [2.05, 4.69) is 4.98 Å². The highest BCUT2D eigenvalue weighted by atomic mass is 16.3. The molecule has 0 aromatic carbocycles. The number of nitrogens with zero attached hydrogens (tertiary/aromatic N) is 1. The van der Waals surface area contributed by atoms with E-state index >= 15 is 0 Å². The molecule has 1 aliphatic heterocycles. The van der Waals surface area contributed by atoms with Gasteiger partial charge in [0.15, 0.2) is 17.7 Å². The van der Waals surface area contributed by atoms with Crippen molar-refractivity contribution in [3.8, 4) is 0 Å². The lowest BCUT2D eigenvalue weighted by Gasteiger charge is -2.23. The number of rotatable bonds is 6. The van der Waals surface area contributed by atoms with E-state index in [-0.39, 0.29) is 11.3 Å². The second kappa shape index (κ2) is 6.90. The lowest BCUT2D eigenvalue weighted by molar-refractivity contribution is -0.857. The zero-order chi connectivity index (χ0) is 18.0.